The van der Waals surface area contributed by atoms with Gasteiger partial charge in [0.05, 0.1) is 12.6 Å². The van der Waals surface area contributed by atoms with Crippen LogP contribution < -0.4 is 4.90 Å². The summed E-state index contributed by atoms with van der Waals surface area (Å²) in [7, 11) is 1.71. The number of benzene rings is 1. The molecule has 1 aliphatic rings. The molecule has 0 bridgehead atoms. The third-order valence-electron chi connectivity index (χ3n) is 4.14. The Morgan fingerprint density at radius 1 is 1.42 bits per heavy atom. The molecule has 3 rings (SSSR count). The highest BCUT2D eigenvalue weighted by Crippen LogP contribution is 2.29. The quantitative estimate of drug-likeness (QED) is 0.834. The SMILES string of the molecule is CN(C(=O)CN(CC(O)c1ccc(F)cc1)C1CC1)c1nccs1. The molecule has 1 N–H and O–H groups in total. The van der Waals surface area contributed by atoms with Gasteiger partial charge in [0, 0.05) is 31.2 Å². The number of amides is 1. The third-order valence-corrected chi connectivity index (χ3v) is 4.99. The van der Waals surface area contributed by atoms with Crippen LogP contribution in [0.2, 0.25) is 0 Å². The van der Waals surface area contributed by atoms with Crippen LogP contribution in [0.4, 0.5) is 9.52 Å². The van der Waals surface area contributed by atoms with Gasteiger partial charge in [0.2, 0.25) is 5.91 Å². The van der Waals surface area contributed by atoms with Crippen molar-refractivity contribution in [3.05, 3.63) is 47.2 Å². The largest absolute Gasteiger partial charge is 0.387 e. The molecule has 0 saturated heterocycles. The van der Waals surface area contributed by atoms with Crippen molar-refractivity contribution in [1.82, 2.24) is 9.88 Å². The van der Waals surface area contributed by atoms with E-state index >= 15 is 0 Å². The zero-order chi connectivity index (χ0) is 17.1. The van der Waals surface area contributed by atoms with E-state index in [-0.39, 0.29) is 18.3 Å². The van der Waals surface area contributed by atoms with Gasteiger partial charge in [0.25, 0.3) is 0 Å². The van der Waals surface area contributed by atoms with Crippen molar-refractivity contribution in [2.45, 2.75) is 25.0 Å². The van der Waals surface area contributed by atoms with Crippen LogP contribution in [0.3, 0.4) is 0 Å². The van der Waals surface area contributed by atoms with Gasteiger partial charge in [-0.1, -0.05) is 12.1 Å². The number of carbonyl (C=O) groups excluding carboxylic acids is 1. The number of aromatic nitrogens is 1. The van der Waals surface area contributed by atoms with Gasteiger partial charge < -0.3 is 5.11 Å². The molecule has 1 atom stereocenters. The van der Waals surface area contributed by atoms with E-state index in [0.717, 1.165) is 12.8 Å². The summed E-state index contributed by atoms with van der Waals surface area (Å²) in [5, 5.41) is 12.9. The number of halogens is 1. The lowest BCUT2D eigenvalue weighted by atomic mass is 10.1. The lowest BCUT2D eigenvalue weighted by Crippen LogP contribution is -2.41. The van der Waals surface area contributed by atoms with Gasteiger partial charge in [-0.3, -0.25) is 14.6 Å². The zero-order valence-electron chi connectivity index (χ0n) is 13.4. The van der Waals surface area contributed by atoms with E-state index in [4.69, 9.17) is 0 Å². The molecule has 1 heterocycles. The number of hydrogen-bond acceptors (Lipinski definition) is 5. The first kappa shape index (κ1) is 17.0. The number of aliphatic hydroxyl groups is 1. The predicted octanol–water partition coefficient (Wildman–Crippen LogP) is 2.44. The molecule has 1 aliphatic carbocycles. The Kier molecular flexibility index (Phi) is 5.23. The van der Waals surface area contributed by atoms with E-state index < -0.39 is 6.10 Å². The minimum absolute atomic E-state index is 0.0526. The highest BCUT2D eigenvalue weighted by molar-refractivity contribution is 7.13. The van der Waals surface area contributed by atoms with Crippen LogP contribution in [-0.4, -0.2) is 47.1 Å². The standard InChI is InChI=1S/C17H20FN3O2S/c1-20(17-19-8-9-24-17)16(23)11-21(14-6-7-14)10-15(22)12-2-4-13(18)5-3-12/h2-5,8-9,14-15,22H,6-7,10-11H2,1H3. The zero-order valence-corrected chi connectivity index (χ0v) is 14.2. The summed E-state index contributed by atoms with van der Waals surface area (Å²) in [5.41, 5.74) is 0.655. The number of nitrogens with zero attached hydrogens (tertiary/aromatic N) is 3. The normalized spacial score (nSPS) is 15.5. The first-order chi connectivity index (χ1) is 11.5. The van der Waals surface area contributed by atoms with Crippen LogP contribution in [0, 0.1) is 5.82 Å². The minimum atomic E-state index is -0.746. The van der Waals surface area contributed by atoms with Crippen molar-refractivity contribution < 1.29 is 14.3 Å². The number of rotatable bonds is 7. The van der Waals surface area contributed by atoms with Gasteiger partial charge in [-0.05, 0) is 30.5 Å². The Morgan fingerprint density at radius 3 is 2.71 bits per heavy atom. The number of aliphatic hydroxyl groups excluding tert-OH is 1. The summed E-state index contributed by atoms with van der Waals surface area (Å²) < 4.78 is 13.0. The van der Waals surface area contributed by atoms with Crippen molar-refractivity contribution in [3.63, 3.8) is 0 Å². The Morgan fingerprint density at radius 2 is 2.12 bits per heavy atom. The van der Waals surface area contributed by atoms with Crippen molar-refractivity contribution in [1.29, 1.82) is 0 Å². The van der Waals surface area contributed by atoms with Gasteiger partial charge in [-0.25, -0.2) is 9.37 Å². The number of likely N-dealkylation sites (N-methyl/N-ethyl adjacent to an activating group) is 1. The molecule has 1 aromatic heterocycles. The molecule has 24 heavy (non-hydrogen) atoms. The molecular formula is C17H20FN3O2S. The fourth-order valence-corrected chi connectivity index (χ4v) is 3.19. The topological polar surface area (TPSA) is 56.7 Å². The number of hydrogen-bond donors (Lipinski definition) is 1. The molecule has 0 aliphatic heterocycles. The van der Waals surface area contributed by atoms with Crippen LogP contribution in [0.15, 0.2) is 35.8 Å². The molecule has 1 unspecified atom stereocenters. The van der Waals surface area contributed by atoms with Gasteiger partial charge in [0.1, 0.15) is 5.82 Å². The average molecular weight is 349 g/mol. The van der Waals surface area contributed by atoms with Crippen molar-refractivity contribution in [2.24, 2.45) is 0 Å². The van der Waals surface area contributed by atoms with E-state index in [0.29, 0.717) is 23.3 Å². The van der Waals surface area contributed by atoms with E-state index in [9.17, 15) is 14.3 Å². The molecule has 1 amide bonds. The van der Waals surface area contributed by atoms with Crippen LogP contribution in [0.1, 0.15) is 24.5 Å². The Balaban J connectivity index is 1.62. The van der Waals surface area contributed by atoms with Crippen LogP contribution in [0.5, 0.6) is 0 Å². The van der Waals surface area contributed by atoms with Crippen molar-refractivity contribution in [2.75, 3.05) is 25.0 Å². The smallest absolute Gasteiger partial charge is 0.242 e. The molecule has 0 spiro atoms. The fourth-order valence-electron chi connectivity index (χ4n) is 2.56. The maximum atomic E-state index is 13.0. The summed E-state index contributed by atoms with van der Waals surface area (Å²) in [6.07, 6.45) is 2.99. The maximum absolute atomic E-state index is 13.0. The monoisotopic (exact) mass is 349 g/mol. The predicted molar refractivity (Wildman–Crippen MR) is 91.5 cm³/mol. The average Bonchev–Trinajstić information content (AvgIpc) is 3.28. The first-order valence-electron chi connectivity index (χ1n) is 7.88. The molecule has 1 fully saturated rings. The van der Waals surface area contributed by atoms with E-state index in [1.807, 2.05) is 10.3 Å². The molecular weight excluding hydrogens is 329 g/mol. The highest BCUT2D eigenvalue weighted by atomic mass is 32.1. The molecule has 1 saturated carbocycles. The lowest BCUT2D eigenvalue weighted by Gasteiger charge is -2.26. The molecule has 128 valence electrons. The minimum Gasteiger partial charge on any atom is -0.387 e. The molecule has 5 nitrogen and oxygen atoms in total. The Labute approximate surface area is 144 Å². The van der Waals surface area contributed by atoms with Crippen LogP contribution in [0.25, 0.3) is 0 Å². The Bertz CT molecular complexity index is 674. The van der Waals surface area contributed by atoms with Gasteiger partial charge >= 0.3 is 0 Å². The Hall–Kier alpha value is -1.83. The third kappa shape index (κ3) is 4.17. The second-order valence-corrected chi connectivity index (χ2v) is 6.87. The van der Waals surface area contributed by atoms with E-state index in [1.165, 1.54) is 23.5 Å². The summed E-state index contributed by atoms with van der Waals surface area (Å²) in [4.78, 5) is 20.2. The first-order valence-corrected chi connectivity index (χ1v) is 8.76. The van der Waals surface area contributed by atoms with Crippen LogP contribution >= 0.6 is 11.3 Å². The molecule has 7 heteroatoms. The molecule has 1 aromatic carbocycles. The summed E-state index contributed by atoms with van der Waals surface area (Å²) in [5.74, 6) is -0.381. The van der Waals surface area contributed by atoms with Crippen molar-refractivity contribution >= 4 is 22.4 Å². The highest BCUT2D eigenvalue weighted by Gasteiger charge is 2.32. The summed E-state index contributed by atoms with van der Waals surface area (Å²) in [6, 6.07) is 6.15. The van der Waals surface area contributed by atoms with E-state index in [2.05, 4.69) is 4.98 Å². The lowest BCUT2D eigenvalue weighted by molar-refractivity contribution is -0.119. The second kappa shape index (κ2) is 7.38. The summed E-state index contributed by atoms with van der Waals surface area (Å²) >= 11 is 1.41. The molecule has 0 radical (unpaired) electrons. The molecule has 2 aromatic rings. The summed E-state index contributed by atoms with van der Waals surface area (Å²) in [6.45, 7) is 0.590. The number of carbonyl (C=O) groups is 1. The van der Waals surface area contributed by atoms with Crippen molar-refractivity contribution in [3.8, 4) is 0 Å². The van der Waals surface area contributed by atoms with Gasteiger partial charge in [-0.2, -0.15) is 0 Å². The second-order valence-electron chi connectivity index (χ2n) is 6.00. The fraction of sp³-hybridized carbons (Fsp3) is 0.412. The van der Waals surface area contributed by atoms with E-state index in [1.54, 1.807) is 30.3 Å². The maximum Gasteiger partial charge on any atom is 0.242 e. The van der Waals surface area contributed by atoms with Crippen LogP contribution in [-0.2, 0) is 4.79 Å². The number of anilines is 1. The van der Waals surface area contributed by atoms with Gasteiger partial charge in [-0.15, -0.1) is 11.3 Å². The number of thiazole rings is 1. The van der Waals surface area contributed by atoms with Gasteiger partial charge in [0.15, 0.2) is 5.13 Å².